The van der Waals surface area contributed by atoms with E-state index in [4.69, 9.17) is 15.6 Å². The summed E-state index contributed by atoms with van der Waals surface area (Å²) < 4.78 is 5.35. The third-order valence-corrected chi connectivity index (χ3v) is 1.90. The second-order valence-electron chi connectivity index (χ2n) is 2.73. The van der Waals surface area contributed by atoms with Gasteiger partial charge in [0, 0.05) is 19.3 Å². The van der Waals surface area contributed by atoms with Gasteiger partial charge >= 0.3 is 0 Å². The lowest BCUT2D eigenvalue weighted by molar-refractivity contribution is -0.0114. The molecular formula is C7H15NO2. The first-order chi connectivity index (χ1) is 4.84. The predicted molar refractivity (Wildman–Crippen MR) is 38.7 cm³/mol. The van der Waals surface area contributed by atoms with Gasteiger partial charge in [-0.25, -0.2) is 0 Å². The Kier molecular flexibility index (Phi) is 3.12. The Labute approximate surface area is 61.2 Å². The zero-order chi connectivity index (χ0) is 7.40. The Morgan fingerprint density at radius 3 is 3.00 bits per heavy atom. The molecule has 3 nitrogen and oxygen atoms in total. The summed E-state index contributed by atoms with van der Waals surface area (Å²) in [6.45, 7) is 0.983. The van der Waals surface area contributed by atoms with Crippen molar-refractivity contribution in [3.8, 4) is 0 Å². The van der Waals surface area contributed by atoms with Gasteiger partial charge in [-0.15, -0.1) is 0 Å². The first kappa shape index (κ1) is 7.98. The molecular weight excluding hydrogens is 130 g/mol. The van der Waals surface area contributed by atoms with Gasteiger partial charge in [0.1, 0.15) is 0 Å². The lowest BCUT2D eigenvalue weighted by Crippen LogP contribution is -2.41. The van der Waals surface area contributed by atoms with Crippen molar-refractivity contribution in [2.75, 3.05) is 13.2 Å². The molecule has 10 heavy (non-hydrogen) atoms. The molecule has 0 amide bonds. The van der Waals surface area contributed by atoms with Gasteiger partial charge < -0.3 is 15.6 Å². The molecule has 0 aromatic heterocycles. The molecule has 1 rings (SSSR count). The molecule has 0 spiro atoms. The highest BCUT2D eigenvalue weighted by Crippen LogP contribution is 2.13. The molecule has 0 aliphatic carbocycles. The standard InChI is InChI=1S/C7H15NO2/c8-6-2-1-5-10-7(6)3-4-9/h6-7,9H,1-5,8H2/t6-,7+/m0/s1. The van der Waals surface area contributed by atoms with Crippen LogP contribution in [-0.2, 0) is 4.74 Å². The van der Waals surface area contributed by atoms with Gasteiger partial charge in [-0.2, -0.15) is 0 Å². The van der Waals surface area contributed by atoms with Crippen molar-refractivity contribution in [1.29, 1.82) is 0 Å². The van der Waals surface area contributed by atoms with Crippen molar-refractivity contribution in [3.05, 3.63) is 0 Å². The Hall–Kier alpha value is -0.120. The quantitative estimate of drug-likeness (QED) is 0.569. The molecule has 0 radical (unpaired) electrons. The van der Waals surface area contributed by atoms with Crippen LogP contribution in [0, 0.1) is 0 Å². The van der Waals surface area contributed by atoms with Crippen molar-refractivity contribution in [2.24, 2.45) is 5.73 Å². The summed E-state index contributed by atoms with van der Waals surface area (Å²) in [6, 6.07) is 0.140. The van der Waals surface area contributed by atoms with Gasteiger partial charge in [-0.1, -0.05) is 0 Å². The first-order valence-corrected chi connectivity index (χ1v) is 3.82. The summed E-state index contributed by atoms with van der Waals surface area (Å²) in [5.74, 6) is 0. The van der Waals surface area contributed by atoms with Gasteiger partial charge in [-0.05, 0) is 19.3 Å². The SMILES string of the molecule is N[C@H]1CCCO[C@@H]1CCO. The van der Waals surface area contributed by atoms with E-state index in [1.54, 1.807) is 0 Å². The molecule has 0 bridgehead atoms. The van der Waals surface area contributed by atoms with Crippen LogP contribution >= 0.6 is 0 Å². The Morgan fingerprint density at radius 2 is 2.40 bits per heavy atom. The van der Waals surface area contributed by atoms with Crippen LogP contribution in [-0.4, -0.2) is 30.5 Å². The van der Waals surface area contributed by atoms with E-state index in [2.05, 4.69) is 0 Å². The fraction of sp³-hybridized carbons (Fsp3) is 1.00. The normalized spacial score (nSPS) is 34.2. The number of ether oxygens (including phenoxy) is 1. The Morgan fingerprint density at radius 1 is 1.60 bits per heavy atom. The third kappa shape index (κ3) is 1.94. The summed E-state index contributed by atoms with van der Waals surface area (Å²) in [5.41, 5.74) is 5.73. The van der Waals surface area contributed by atoms with E-state index in [0.29, 0.717) is 6.42 Å². The zero-order valence-corrected chi connectivity index (χ0v) is 6.12. The average molecular weight is 145 g/mol. The summed E-state index contributed by atoms with van der Waals surface area (Å²) >= 11 is 0. The van der Waals surface area contributed by atoms with Gasteiger partial charge in [0.15, 0.2) is 0 Å². The topological polar surface area (TPSA) is 55.5 Å². The largest absolute Gasteiger partial charge is 0.396 e. The first-order valence-electron chi connectivity index (χ1n) is 3.82. The summed E-state index contributed by atoms with van der Waals surface area (Å²) in [5, 5.41) is 8.60. The van der Waals surface area contributed by atoms with Gasteiger partial charge in [0.2, 0.25) is 0 Å². The fourth-order valence-corrected chi connectivity index (χ4v) is 1.29. The molecule has 1 fully saturated rings. The van der Waals surface area contributed by atoms with Crippen LogP contribution in [0.4, 0.5) is 0 Å². The van der Waals surface area contributed by atoms with E-state index in [0.717, 1.165) is 19.4 Å². The molecule has 0 aromatic carbocycles. The van der Waals surface area contributed by atoms with Crippen molar-refractivity contribution < 1.29 is 9.84 Å². The van der Waals surface area contributed by atoms with E-state index in [-0.39, 0.29) is 18.8 Å². The molecule has 60 valence electrons. The lowest BCUT2D eigenvalue weighted by atomic mass is 10.0. The maximum atomic E-state index is 8.60. The minimum Gasteiger partial charge on any atom is -0.396 e. The van der Waals surface area contributed by atoms with E-state index >= 15 is 0 Å². The Bertz CT molecular complexity index is 95.6. The van der Waals surface area contributed by atoms with Crippen LogP contribution in [0.2, 0.25) is 0 Å². The van der Waals surface area contributed by atoms with E-state index < -0.39 is 0 Å². The number of aliphatic hydroxyl groups is 1. The molecule has 0 aromatic rings. The third-order valence-electron chi connectivity index (χ3n) is 1.90. The van der Waals surface area contributed by atoms with E-state index in [9.17, 15) is 0 Å². The van der Waals surface area contributed by atoms with Crippen LogP contribution in [0.5, 0.6) is 0 Å². The monoisotopic (exact) mass is 145 g/mol. The fourth-order valence-electron chi connectivity index (χ4n) is 1.29. The molecule has 1 saturated heterocycles. The number of hydrogen-bond donors (Lipinski definition) is 2. The number of nitrogens with two attached hydrogens (primary N) is 1. The maximum Gasteiger partial charge on any atom is 0.0747 e. The zero-order valence-electron chi connectivity index (χ0n) is 6.12. The second-order valence-corrected chi connectivity index (χ2v) is 2.73. The highest BCUT2D eigenvalue weighted by molar-refractivity contribution is 4.76. The number of rotatable bonds is 2. The van der Waals surface area contributed by atoms with Crippen LogP contribution in [0.1, 0.15) is 19.3 Å². The van der Waals surface area contributed by atoms with Crippen molar-refractivity contribution in [3.63, 3.8) is 0 Å². The molecule has 3 heteroatoms. The highest BCUT2D eigenvalue weighted by Gasteiger charge is 2.21. The summed E-state index contributed by atoms with van der Waals surface area (Å²) in [4.78, 5) is 0. The molecule has 3 N–H and O–H groups in total. The molecule has 0 saturated carbocycles. The van der Waals surface area contributed by atoms with E-state index in [1.807, 2.05) is 0 Å². The number of aliphatic hydroxyl groups excluding tert-OH is 1. The highest BCUT2D eigenvalue weighted by atomic mass is 16.5. The van der Waals surface area contributed by atoms with Crippen LogP contribution in [0.3, 0.4) is 0 Å². The molecule has 1 heterocycles. The summed E-state index contributed by atoms with van der Waals surface area (Å²) in [7, 11) is 0. The van der Waals surface area contributed by atoms with Gasteiger partial charge in [-0.3, -0.25) is 0 Å². The average Bonchev–Trinajstić information content (AvgIpc) is 1.94. The predicted octanol–water partition coefficient (Wildman–Crippen LogP) is -0.125. The lowest BCUT2D eigenvalue weighted by Gasteiger charge is -2.28. The van der Waals surface area contributed by atoms with E-state index in [1.165, 1.54) is 0 Å². The maximum absolute atomic E-state index is 8.60. The molecule has 2 atom stereocenters. The van der Waals surface area contributed by atoms with Gasteiger partial charge in [0.05, 0.1) is 6.10 Å². The van der Waals surface area contributed by atoms with Gasteiger partial charge in [0.25, 0.3) is 0 Å². The van der Waals surface area contributed by atoms with Crippen molar-refractivity contribution >= 4 is 0 Å². The van der Waals surface area contributed by atoms with Crippen molar-refractivity contribution in [2.45, 2.75) is 31.4 Å². The second kappa shape index (κ2) is 3.91. The minimum atomic E-state index is 0.0961. The Balaban J connectivity index is 2.25. The van der Waals surface area contributed by atoms with Crippen LogP contribution in [0.15, 0.2) is 0 Å². The molecule has 0 unspecified atom stereocenters. The minimum absolute atomic E-state index is 0.0961. The summed E-state index contributed by atoms with van der Waals surface area (Å²) in [6.07, 6.45) is 2.87. The smallest absolute Gasteiger partial charge is 0.0747 e. The molecule has 1 aliphatic heterocycles. The molecule has 1 aliphatic rings. The number of hydrogen-bond acceptors (Lipinski definition) is 3. The van der Waals surface area contributed by atoms with Crippen LogP contribution < -0.4 is 5.73 Å². The van der Waals surface area contributed by atoms with Crippen LogP contribution in [0.25, 0.3) is 0 Å². The van der Waals surface area contributed by atoms with Crippen molar-refractivity contribution in [1.82, 2.24) is 0 Å².